The summed E-state index contributed by atoms with van der Waals surface area (Å²) in [6, 6.07) is 34.1. The van der Waals surface area contributed by atoms with Gasteiger partial charge in [0, 0.05) is 0 Å². The summed E-state index contributed by atoms with van der Waals surface area (Å²) in [5.74, 6) is 1.02. The molecule has 3 aromatic carbocycles. The van der Waals surface area contributed by atoms with Crippen molar-refractivity contribution < 1.29 is 0 Å². The third-order valence-corrected chi connectivity index (χ3v) is 20.2. The van der Waals surface area contributed by atoms with Crippen molar-refractivity contribution in [2.75, 3.05) is 19.3 Å². The topological polar surface area (TPSA) is 12.0 Å². The van der Waals surface area contributed by atoms with Gasteiger partial charge < -0.3 is 0 Å². The molecule has 1 aliphatic rings. The van der Waals surface area contributed by atoms with Crippen LogP contribution < -0.4 is 21.2 Å². The molecule has 1 nitrogen and oxygen atoms in total. The first-order chi connectivity index (χ1) is 18.2. The van der Waals surface area contributed by atoms with Crippen LogP contribution >= 0.6 is 26.3 Å². The summed E-state index contributed by atoms with van der Waals surface area (Å²) in [5.41, 5.74) is 0. The summed E-state index contributed by atoms with van der Waals surface area (Å²) < 4.78 is -2.59. The summed E-state index contributed by atoms with van der Waals surface area (Å²) >= 11 is 2.93. The first-order valence-corrected chi connectivity index (χ1v) is 20.0. The third-order valence-electron chi connectivity index (χ3n) is 8.51. The first-order valence-electron chi connectivity index (χ1n) is 14.8. The predicted octanol–water partition coefficient (Wildman–Crippen LogP) is 8.77. The SMILES string of the molecule is IP(CCCCCCCNCCCC1CCCCC1)(c1ccccc1)(c1ccccc1)c1ccccc1. The van der Waals surface area contributed by atoms with E-state index < -0.39 is 4.25 Å². The van der Waals surface area contributed by atoms with Crippen LogP contribution in [-0.4, -0.2) is 19.3 Å². The molecule has 3 heteroatoms. The van der Waals surface area contributed by atoms with Crippen LogP contribution in [-0.2, 0) is 0 Å². The van der Waals surface area contributed by atoms with Crippen molar-refractivity contribution in [3.05, 3.63) is 91.0 Å². The quantitative estimate of drug-likeness (QED) is 0.101. The van der Waals surface area contributed by atoms with Crippen molar-refractivity contribution in [1.29, 1.82) is 0 Å². The minimum atomic E-state index is -2.59. The number of nitrogens with one attached hydrogen (secondary N) is 1. The standard InChI is InChI=1S/C34H47INP/c35-37(32-22-10-5-11-23-32,33-24-12-6-13-25-33,34-26-14-7-15-27-34)30-17-3-1-2-16-28-36-29-18-21-31-19-8-4-9-20-31/h5-7,10-15,22-27,31,36H,1-4,8-9,16-21,28-30H2. The number of halogens is 1. The Hall–Kier alpha value is -1.22. The fourth-order valence-electron chi connectivity index (χ4n) is 6.36. The Morgan fingerprint density at radius 2 is 1.03 bits per heavy atom. The van der Waals surface area contributed by atoms with E-state index >= 15 is 0 Å². The summed E-state index contributed by atoms with van der Waals surface area (Å²) in [6.07, 6.45) is 18.0. The molecule has 0 amide bonds. The molecule has 4 rings (SSSR count). The van der Waals surface area contributed by atoms with Gasteiger partial charge in [0.15, 0.2) is 0 Å². The van der Waals surface area contributed by atoms with E-state index in [1.165, 1.54) is 112 Å². The predicted molar refractivity (Wildman–Crippen MR) is 176 cm³/mol. The number of hydrogen-bond donors (Lipinski definition) is 1. The average molecular weight is 628 g/mol. The second-order valence-corrected chi connectivity index (χ2v) is 21.8. The average Bonchev–Trinajstić information content (AvgIpc) is 2.98. The van der Waals surface area contributed by atoms with Crippen LogP contribution in [0.4, 0.5) is 0 Å². The Kier molecular flexibility index (Phi) is 11.5. The van der Waals surface area contributed by atoms with Crippen LogP contribution in [0.25, 0.3) is 0 Å². The fraction of sp³-hybridized carbons (Fsp3) is 0.471. The molecule has 0 aromatic heterocycles. The Balaban J connectivity index is 1.30. The van der Waals surface area contributed by atoms with E-state index in [2.05, 4.69) is 118 Å². The van der Waals surface area contributed by atoms with Crippen LogP contribution in [0, 0.1) is 5.92 Å². The molecule has 0 saturated heterocycles. The van der Waals surface area contributed by atoms with Crippen molar-refractivity contribution in [3.63, 3.8) is 0 Å². The van der Waals surface area contributed by atoms with Gasteiger partial charge in [-0.05, 0) is 0 Å². The van der Waals surface area contributed by atoms with Crippen LogP contribution in [0.15, 0.2) is 91.0 Å². The summed E-state index contributed by atoms with van der Waals surface area (Å²) in [6.45, 7) is 2.40. The van der Waals surface area contributed by atoms with Crippen LogP contribution in [0.3, 0.4) is 0 Å². The second kappa shape index (κ2) is 14.8. The van der Waals surface area contributed by atoms with Gasteiger partial charge in [-0.15, -0.1) is 0 Å². The van der Waals surface area contributed by atoms with E-state index in [4.69, 9.17) is 0 Å². The summed E-state index contributed by atoms with van der Waals surface area (Å²) in [4.78, 5) is 0. The molecular formula is C34H47INP. The molecule has 0 atom stereocenters. The van der Waals surface area contributed by atoms with E-state index in [9.17, 15) is 0 Å². The van der Waals surface area contributed by atoms with Crippen molar-refractivity contribution in [3.8, 4) is 0 Å². The Morgan fingerprint density at radius 1 is 0.568 bits per heavy atom. The van der Waals surface area contributed by atoms with Crippen molar-refractivity contribution in [1.82, 2.24) is 5.32 Å². The minimum absolute atomic E-state index is 1.02. The van der Waals surface area contributed by atoms with Crippen LogP contribution in [0.2, 0.25) is 0 Å². The fourth-order valence-corrected chi connectivity index (χ4v) is 15.1. The zero-order valence-electron chi connectivity index (χ0n) is 22.7. The second-order valence-electron chi connectivity index (χ2n) is 11.1. The molecule has 0 spiro atoms. The van der Waals surface area contributed by atoms with Crippen molar-refractivity contribution >= 4 is 42.2 Å². The normalized spacial score (nSPS) is 15.8. The van der Waals surface area contributed by atoms with Crippen LogP contribution in [0.5, 0.6) is 0 Å². The molecule has 1 fully saturated rings. The molecule has 1 saturated carbocycles. The molecule has 0 bridgehead atoms. The van der Waals surface area contributed by atoms with E-state index in [0.29, 0.717) is 0 Å². The van der Waals surface area contributed by atoms with E-state index in [0.717, 1.165) is 5.92 Å². The van der Waals surface area contributed by atoms with Gasteiger partial charge in [0.05, 0.1) is 0 Å². The molecule has 0 radical (unpaired) electrons. The maximum absolute atomic E-state index is 3.72. The molecule has 1 N–H and O–H groups in total. The van der Waals surface area contributed by atoms with Crippen LogP contribution in [0.1, 0.15) is 77.0 Å². The van der Waals surface area contributed by atoms with Crippen molar-refractivity contribution in [2.45, 2.75) is 77.0 Å². The number of unbranched alkanes of at least 4 members (excludes halogenated alkanes) is 4. The van der Waals surface area contributed by atoms with E-state index in [-0.39, 0.29) is 0 Å². The molecule has 37 heavy (non-hydrogen) atoms. The third kappa shape index (κ3) is 7.46. The molecular weight excluding hydrogens is 580 g/mol. The molecule has 200 valence electrons. The van der Waals surface area contributed by atoms with Gasteiger partial charge in [0.2, 0.25) is 0 Å². The maximum atomic E-state index is 3.72. The molecule has 0 aliphatic heterocycles. The Labute approximate surface area is 239 Å². The summed E-state index contributed by atoms with van der Waals surface area (Å²) in [5, 5.41) is 8.23. The van der Waals surface area contributed by atoms with E-state index in [1.807, 2.05) is 0 Å². The zero-order valence-corrected chi connectivity index (χ0v) is 25.7. The zero-order chi connectivity index (χ0) is 25.7. The van der Waals surface area contributed by atoms with Gasteiger partial charge >= 0.3 is 209 Å². The number of hydrogen-bond acceptors (Lipinski definition) is 1. The summed E-state index contributed by atoms with van der Waals surface area (Å²) in [7, 11) is 0. The molecule has 1 aliphatic carbocycles. The Morgan fingerprint density at radius 3 is 1.57 bits per heavy atom. The molecule has 0 heterocycles. The monoisotopic (exact) mass is 627 g/mol. The first kappa shape index (κ1) is 28.8. The van der Waals surface area contributed by atoms with Gasteiger partial charge in [-0.1, -0.05) is 32.1 Å². The van der Waals surface area contributed by atoms with Crippen molar-refractivity contribution in [2.24, 2.45) is 5.92 Å². The molecule has 0 unspecified atom stereocenters. The molecule has 3 aromatic rings. The number of rotatable bonds is 15. The van der Waals surface area contributed by atoms with Gasteiger partial charge in [0.1, 0.15) is 0 Å². The van der Waals surface area contributed by atoms with Gasteiger partial charge in [-0.3, -0.25) is 0 Å². The Bertz CT molecular complexity index is 918. The van der Waals surface area contributed by atoms with Gasteiger partial charge in [-0.25, -0.2) is 0 Å². The number of benzene rings is 3. The van der Waals surface area contributed by atoms with Gasteiger partial charge in [0.25, 0.3) is 0 Å². The van der Waals surface area contributed by atoms with E-state index in [1.54, 1.807) is 0 Å². The van der Waals surface area contributed by atoms with Gasteiger partial charge in [-0.2, -0.15) is 0 Å².